The average Bonchev–Trinajstić information content (AvgIpc) is 3.07. The van der Waals surface area contributed by atoms with Gasteiger partial charge >= 0.3 is 6.18 Å². The Kier molecular flexibility index (Phi) is 5.73. The Morgan fingerprint density at radius 3 is 2.56 bits per heavy atom. The summed E-state index contributed by atoms with van der Waals surface area (Å²) in [5.74, 6) is -0.607. The summed E-state index contributed by atoms with van der Waals surface area (Å²) in [6.07, 6.45) is -0.127. The number of primary amides is 1. The van der Waals surface area contributed by atoms with E-state index in [0.29, 0.717) is 23.5 Å². The lowest BCUT2D eigenvalue weighted by Gasteiger charge is -2.33. The van der Waals surface area contributed by atoms with Gasteiger partial charge < -0.3 is 16.2 Å². The number of carbonyl (C=O) groups excluding carboxylic acids is 1. The lowest BCUT2D eigenvalue weighted by Crippen LogP contribution is -2.28. The van der Waals surface area contributed by atoms with Gasteiger partial charge in [0, 0.05) is 17.3 Å². The van der Waals surface area contributed by atoms with Gasteiger partial charge in [0.2, 0.25) is 0 Å². The number of rotatable bonds is 4. The Hall–Kier alpha value is -2.55. The number of nitrogens with zero attached hydrogens (tertiary/aromatic N) is 2. The molecule has 0 radical (unpaired) electrons. The number of carbonyl (C=O) groups is 1. The first-order chi connectivity index (χ1) is 15.0. The number of hydrogen-bond donors (Lipinski definition) is 3. The van der Waals surface area contributed by atoms with Gasteiger partial charge in [-0.05, 0) is 49.3 Å². The molecule has 4 N–H and O–H groups in total. The van der Waals surface area contributed by atoms with E-state index in [2.05, 4.69) is 10.4 Å². The normalized spacial score (nSPS) is 21.2. The van der Waals surface area contributed by atoms with Crippen molar-refractivity contribution < 1.29 is 23.1 Å². The van der Waals surface area contributed by atoms with Crippen molar-refractivity contribution in [3.8, 4) is 5.69 Å². The Morgan fingerprint density at radius 2 is 1.94 bits per heavy atom. The molecule has 0 saturated heterocycles. The van der Waals surface area contributed by atoms with E-state index in [9.17, 15) is 23.1 Å². The van der Waals surface area contributed by atoms with E-state index in [1.165, 1.54) is 17.2 Å². The average molecular weight is 451 g/mol. The van der Waals surface area contributed by atoms with Crippen LogP contribution in [0.2, 0.25) is 0 Å². The first-order valence-electron chi connectivity index (χ1n) is 11.0. The molecule has 2 aliphatic carbocycles. The van der Waals surface area contributed by atoms with Gasteiger partial charge in [-0.25, -0.2) is 4.68 Å². The van der Waals surface area contributed by atoms with Crippen molar-refractivity contribution in [2.45, 2.75) is 77.1 Å². The summed E-state index contributed by atoms with van der Waals surface area (Å²) in [4.78, 5) is 12.0. The second kappa shape index (κ2) is 8.10. The van der Waals surface area contributed by atoms with Crippen molar-refractivity contribution in [2.24, 2.45) is 11.1 Å². The summed E-state index contributed by atoms with van der Waals surface area (Å²) in [5, 5.41) is 17.8. The van der Waals surface area contributed by atoms with Crippen LogP contribution in [0.15, 0.2) is 18.2 Å². The van der Waals surface area contributed by atoms with Gasteiger partial charge in [0.1, 0.15) is 0 Å². The first-order valence-corrected chi connectivity index (χ1v) is 11.0. The zero-order valence-electron chi connectivity index (χ0n) is 18.3. The molecule has 1 aromatic carbocycles. The molecule has 1 amide bonds. The minimum absolute atomic E-state index is 0.155. The van der Waals surface area contributed by atoms with E-state index in [0.717, 1.165) is 25.7 Å². The smallest absolute Gasteiger partial charge is 0.388 e. The van der Waals surface area contributed by atoms with Gasteiger partial charge in [-0.2, -0.15) is 18.3 Å². The van der Waals surface area contributed by atoms with Crippen molar-refractivity contribution in [1.29, 1.82) is 0 Å². The van der Waals surface area contributed by atoms with Crippen LogP contribution in [0, 0.1) is 5.41 Å². The van der Waals surface area contributed by atoms with Crippen LogP contribution in [-0.2, 0) is 12.6 Å². The Morgan fingerprint density at radius 1 is 1.25 bits per heavy atom. The highest BCUT2D eigenvalue weighted by atomic mass is 19.4. The molecule has 0 bridgehead atoms. The van der Waals surface area contributed by atoms with Gasteiger partial charge in [0.15, 0.2) is 5.69 Å². The van der Waals surface area contributed by atoms with Crippen molar-refractivity contribution in [1.82, 2.24) is 9.78 Å². The minimum Gasteiger partial charge on any atom is -0.388 e. The number of amides is 1. The van der Waals surface area contributed by atoms with Crippen LogP contribution in [0.4, 0.5) is 18.9 Å². The Bertz CT molecular complexity index is 1020. The standard InChI is InChI=1S/C23H29F3N4O2/c1-22(2)11-17-19(18(31)12-22)20(23(24,25)26)29-30(17)14-8-9-15(21(27)32)16(10-14)28-13-6-4-3-5-7-13/h8-10,13,18,28,31H,3-7,11-12H2,1-2H3,(H2,27,32). The van der Waals surface area contributed by atoms with Crippen LogP contribution in [0.1, 0.15) is 85.8 Å². The maximum absolute atomic E-state index is 13.8. The van der Waals surface area contributed by atoms with Crippen LogP contribution < -0.4 is 11.1 Å². The fourth-order valence-corrected chi connectivity index (χ4v) is 5.02. The summed E-state index contributed by atoms with van der Waals surface area (Å²) in [5.41, 5.74) is 5.47. The number of halogens is 3. The quantitative estimate of drug-likeness (QED) is 0.627. The van der Waals surface area contributed by atoms with Gasteiger partial charge in [-0.1, -0.05) is 33.1 Å². The first kappa shape index (κ1) is 22.6. The SMILES string of the molecule is CC1(C)Cc2c(c(C(F)(F)F)nn2-c2ccc(C(N)=O)c(NC3CCCCC3)c2)C(O)C1. The van der Waals surface area contributed by atoms with E-state index in [4.69, 9.17) is 5.73 Å². The van der Waals surface area contributed by atoms with Crippen LogP contribution in [0.3, 0.4) is 0 Å². The number of alkyl halides is 3. The molecule has 32 heavy (non-hydrogen) atoms. The molecule has 0 aliphatic heterocycles. The highest BCUT2D eigenvalue weighted by molar-refractivity contribution is 5.99. The summed E-state index contributed by atoms with van der Waals surface area (Å²) >= 11 is 0. The molecule has 1 heterocycles. The maximum Gasteiger partial charge on any atom is 0.435 e. The van der Waals surface area contributed by atoms with Crippen LogP contribution in [0.5, 0.6) is 0 Å². The monoisotopic (exact) mass is 450 g/mol. The molecule has 1 fully saturated rings. The van der Waals surface area contributed by atoms with Gasteiger partial charge in [-0.15, -0.1) is 0 Å². The number of aliphatic hydroxyl groups is 1. The van der Waals surface area contributed by atoms with Crippen LogP contribution >= 0.6 is 0 Å². The van der Waals surface area contributed by atoms with E-state index < -0.39 is 23.9 Å². The third-order valence-electron chi connectivity index (χ3n) is 6.49. The number of benzene rings is 1. The fourth-order valence-electron chi connectivity index (χ4n) is 5.02. The Balaban J connectivity index is 1.83. The van der Waals surface area contributed by atoms with E-state index in [-0.39, 0.29) is 29.0 Å². The van der Waals surface area contributed by atoms with E-state index in [1.807, 2.05) is 13.8 Å². The number of nitrogens with two attached hydrogens (primary N) is 1. The topological polar surface area (TPSA) is 93.2 Å². The van der Waals surface area contributed by atoms with Crippen LogP contribution in [-0.4, -0.2) is 26.8 Å². The fraction of sp³-hybridized carbons (Fsp3) is 0.565. The molecule has 4 rings (SSSR count). The highest BCUT2D eigenvalue weighted by Crippen LogP contribution is 2.46. The van der Waals surface area contributed by atoms with Crippen molar-refractivity contribution in [3.05, 3.63) is 40.7 Å². The largest absolute Gasteiger partial charge is 0.435 e. The maximum atomic E-state index is 13.8. The van der Waals surface area contributed by atoms with Gasteiger partial charge in [-0.3, -0.25) is 4.79 Å². The second-order valence-electron chi connectivity index (χ2n) is 9.75. The van der Waals surface area contributed by atoms with Crippen molar-refractivity contribution >= 4 is 11.6 Å². The number of nitrogens with one attached hydrogen (secondary N) is 1. The number of fused-ring (bicyclic) bond motifs is 1. The number of aromatic nitrogens is 2. The van der Waals surface area contributed by atoms with Gasteiger partial charge in [0.05, 0.1) is 23.0 Å². The molecule has 0 spiro atoms. The number of anilines is 1. The molecule has 1 atom stereocenters. The molecule has 2 aromatic rings. The van der Waals surface area contributed by atoms with E-state index in [1.54, 1.807) is 12.1 Å². The molecule has 2 aliphatic rings. The van der Waals surface area contributed by atoms with E-state index >= 15 is 0 Å². The third-order valence-corrected chi connectivity index (χ3v) is 6.49. The molecular weight excluding hydrogens is 421 g/mol. The molecule has 9 heteroatoms. The molecule has 6 nitrogen and oxygen atoms in total. The molecule has 1 saturated carbocycles. The summed E-state index contributed by atoms with van der Waals surface area (Å²) in [7, 11) is 0. The van der Waals surface area contributed by atoms with Crippen LogP contribution in [0.25, 0.3) is 5.69 Å². The highest BCUT2D eigenvalue weighted by Gasteiger charge is 2.45. The predicted octanol–water partition coefficient (Wildman–Crippen LogP) is 4.74. The summed E-state index contributed by atoms with van der Waals surface area (Å²) in [6, 6.07) is 4.88. The number of hydrogen-bond acceptors (Lipinski definition) is 4. The predicted molar refractivity (Wildman–Crippen MR) is 115 cm³/mol. The molecular formula is C23H29F3N4O2. The third kappa shape index (κ3) is 4.35. The second-order valence-corrected chi connectivity index (χ2v) is 9.75. The minimum atomic E-state index is -4.69. The Labute approximate surface area is 185 Å². The summed E-state index contributed by atoms with van der Waals surface area (Å²) in [6.45, 7) is 3.83. The summed E-state index contributed by atoms with van der Waals surface area (Å²) < 4.78 is 42.6. The van der Waals surface area contributed by atoms with Gasteiger partial charge in [0.25, 0.3) is 5.91 Å². The van der Waals surface area contributed by atoms with Crippen molar-refractivity contribution in [3.63, 3.8) is 0 Å². The number of aliphatic hydroxyl groups excluding tert-OH is 1. The molecule has 1 aromatic heterocycles. The zero-order valence-corrected chi connectivity index (χ0v) is 18.3. The molecule has 1 unspecified atom stereocenters. The zero-order chi connectivity index (χ0) is 23.3. The lowest BCUT2D eigenvalue weighted by atomic mass is 9.74. The lowest BCUT2D eigenvalue weighted by molar-refractivity contribution is -0.143. The van der Waals surface area contributed by atoms with Crippen molar-refractivity contribution in [2.75, 3.05) is 5.32 Å². The molecule has 174 valence electrons.